The molecule has 0 unspecified atom stereocenters. The van der Waals surface area contributed by atoms with Crippen molar-refractivity contribution in [2.75, 3.05) is 0 Å². The normalized spacial score (nSPS) is 14.6. The standard InChI is InChI=1S/C22H23ClO4S/c1-16-9-11-20(12-10-16)28(25,26)21(13-14-23)22(27-18(3)24)17(2)15-19-7-5-4-6-8-19/h4-15,21-22H,1-3H3/b14-13+,17-15+/t21-,22-/m0/s1. The second kappa shape index (κ2) is 9.71. The average Bonchev–Trinajstić information content (AvgIpc) is 2.65. The summed E-state index contributed by atoms with van der Waals surface area (Å²) < 4.78 is 32.0. The van der Waals surface area contributed by atoms with Crippen molar-refractivity contribution >= 4 is 33.5 Å². The third kappa shape index (κ3) is 5.57. The Morgan fingerprint density at radius 2 is 1.64 bits per heavy atom. The Morgan fingerprint density at radius 1 is 1.04 bits per heavy atom. The lowest BCUT2D eigenvalue weighted by Gasteiger charge is -2.25. The molecule has 0 radical (unpaired) electrons. The number of rotatable bonds is 7. The maximum atomic E-state index is 13.3. The third-order valence-corrected chi connectivity index (χ3v) is 6.40. The highest BCUT2D eigenvalue weighted by atomic mass is 35.5. The summed E-state index contributed by atoms with van der Waals surface area (Å²) in [5.74, 6) is -0.571. The van der Waals surface area contributed by atoms with Crippen molar-refractivity contribution in [1.29, 1.82) is 0 Å². The van der Waals surface area contributed by atoms with E-state index in [1.165, 1.54) is 13.0 Å². The third-order valence-electron chi connectivity index (χ3n) is 4.20. The molecule has 0 fully saturated rings. The maximum Gasteiger partial charge on any atom is 0.303 e. The summed E-state index contributed by atoms with van der Waals surface area (Å²) in [5, 5.41) is -1.16. The zero-order chi connectivity index (χ0) is 20.7. The van der Waals surface area contributed by atoms with Gasteiger partial charge < -0.3 is 4.74 Å². The molecule has 0 amide bonds. The fraction of sp³-hybridized carbons (Fsp3) is 0.227. The van der Waals surface area contributed by atoms with Gasteiger partial charge in [0.2, 0.25) is 0 Å². The van der Waals surface area contributed by atoms with Crippen LogP contribution in [0.25, 0.3) is 6.08 Å². The summed E-state index contributed by atoms with van der Waals surface area (Å²) in [7, 11) is -3.85. The van der Waals surface area contributed by atoms with Crippen LogP contribution in [0.5, 0.6) is 0 Å². The van der Waals surface area contributed by atoms with Crippen LogP contribution in [0, 0.1) is 6.92 Å². The minimum absolute atomic E-state index is 0.141. The van der Waals surface area contributed by atoms with E-state index in [2.05, 4.69) is 0 Å². The first-order valence-electron chi connectivity index (χ1n) is 8.73. The van der Waals surface area contributed by atoms with Crippen molar-refractivity contribution in [2.45, 2.75) is 37.0 Å². The molecular weight excluding hydrogens is 396 g/mol. The van der Waals surface area contributed by atoms with E-state index in [0.717, 1.165) is 16.7 Å². The number of esters is 1. The van der Waals surface area contributed by atoms with E-state index in [0.29, 0.717) is 5.57 Å². The molecule has 2 rings (SSSR count). The van der Waals surface area contributed by atoms with Crippen LogP contribution in [0.15, 0.2) is 76.7 Å². The van der Waals surface area contributed by atoms with Crippen LogP contribution in [0.1, 0.15) is 25.0 Å². The Labute approximate surface area is 171 Å². The van der Waals surface area contributed by atoms with Crippen LogP contribution >= 0.6 is 11.6 Å². The zero-order valence-electron chi connectivity index (χ0n) is 16.0. The number of benzene rings is 2. The van der Waals surface area contributed by atoms with Gasteiger partial charge in [0.25, 0.3) is 0 Å². The number of hydrogen-bond donors (Lipinski definition) is 0. The predicted molar refractivity (Wildman–Crippen MR) is 113 cm³/mol. The summed E-state index contributed by atoms with van der Waals surface area (Å²) in [4.78, 5) is 11.9. The Bertz CT molecular complexity index is 961. The SMILES string of the molecule is CC(=O)O[C@@H](/C(C)=C/c1ccccc1)[C@H](/C=C/Cl)S(=O)(=O)c1ccc(C)cc1. The molecule has 0 aliphatic rings. The van der Waals surface area contributed by atoms with Gasteiger partial charge in [-0.15, -0.1) is 0 Å². The van der Waals surface area contributed by atoms with Gasteiger partial charge in [0.05, 0.1) is 4.90 Å². The minimum Gasteiger partial charge on any atom is -0.456 e. The number of hydrogen-bond acceptors (Lipinski definition) is 4. The summed E-state index contributed by atoms with van der Waals surface area (Å²) >= 11 is 5.76. The molecule has 2 atom stereocenters. The number of sulfone groups is 1. The zero-order valence-corrected chi connectivity index (χ0v) is 17.6. The van der Waals surface area contributed by atoms with Crippen LogP contribution in [0.4, 0.5) is 0 Å². The molecule has 0 spiro atoms. The van der Waals surface area contributed by atoms with Gasteiger partial charge in [-0.05, 0) is 37.1 Å². The van der Waals surface area contributed by atoms with Crippen molar-refractivity contribution < 1.29 is 17.9 Å². The smallest absolute Gasteiger partial charge is 0.303 e. The van der Waals surface area contributed by atoms with E-state index in [1.807, 2.05) is 37.3 Å². The van der Waals surface area contributed by atoms with Crippen molar-refractivity contribution in [3.8, 4) is 0 Å². The molecule has 0 aromatic heterocycles. The lowest BCUT2D eigenvalue weighted by Crippen LogP contribution is -2.37. The lowest BCUT2D eigenvalue weighted by atomic mass is 10.0. The molecule has 0 aliphatic carbocycles. The van der Waals surface area contributed by atoms with Crippen molar-refractivity contribution in [1.82, 2.24) is 0 Å². The van der Waals surface area contributed by atoms with Crippen LogP contribution in [-0.4, -0.2) is 25.7 Å². The second-order valence-corrected chi connectivity index (χ2v) is 8.83. The van der Waals surface area contributed by atoms with Crippen LogP contribution < -0.4 is 0 Å². The quantitative estimate of drug-likeness (QED) is 0.598. The summed E-state index contributed by atoms with van der Waals surface area (Å²) in [6.07, 6.45) is 2.12. The highest BCUT2D eigenvalue weighted by Crippen LogP contribution is 2.27. The van der Waals surface area contributed by atoms with Gasteiger partial charge in [0.15, 0.2) is 9.84 Å². The van der Waals surface area contributed by atoms with Crippen LogP contribution in [0.3, 0.4) is 0 Å². The largest absolute Gasteiger partial charge is 0.456 e. The summed E-state index contributed by atoms with van der Waals surface area (Å²) in [6, 6.07) is 15.9. The number of carbonyl (C=O) groups is 1. The fourth-order valence-electron chi connectivity index (χ4n) is 2.82. The lowest BCUT2D eigenvalue weighted by molar-refractivity contribution is -0.144. The van der Waals surface area contributed by atoms with E-state index < -0.39 is 27.2 Å². The first kappa shape index (κ1) is 21.9. The van der Waals surface area contributed by atoms with Gasteiger partial charge in [0.1, 0.15) is 11.4 Å². The molecule has 28 heavy (non-hydrogen) atoms. The van der Waals surface area contributed by atoms with Crippen molar-refractivity contribution in [2.24, 2.45) is 0 Å². The molecule has 148 valence electrons. The van der Waals surface area contributed by atoms with Gasteiger partial charge in [-0.2, -0.15) is 0 Å². The van der Waals surface area contributed by atoms with Gasteiger partial charge in [-0.1, -0.05) is 71.8 Å². The molecule has 0 bridgehead atoms. The Kier molecular flexibility index (Phi) is 7.61. The number of halogens is 1. The van der Waals surface area contributed by atoms with E-state index in [-0.39, 0.29) is 4.90 Å². The molecule has 0 saturated carbocycles. The molecule has 2 aromatic rings. The minimum atomic E-state index is -3.85. The molecule has 4 nitrogen and oxygen atoms in total. The number of carbonyl (C=O) groups excluding carboxylic acids is 1. The summed E-state index contributed by atoms with van der Waals surface area (Å²) in [6.45, 7) is 4.87. The molecule has 0 aliphatic heterocycles. The highest BCUT2D eigenvalue weighted by Gasteiger charge is 2.36. The second-order valence-electron chi connectivity index (χ2n) is 6.47. The monoisotopic (exact) mass is 418 g/mol. The highest BCUT2D eigenvalue weighted by molar-refractivity contribution is 7.92. The van der Waals surface area contributed by atoms with Gasteiger partial charge in [-0.3, -0.25) is 4.79 Å². The van der Waals surface area contributed by atoms with Gasteiger partial charge >= 0.3 is 5.97 Å². The molecule has 0 saturated heterocycles. The molecular formula is C22H23ClO4S. The molecule has 6 heteroatoms. The van der Waals surface area contributed by atoms with E-state index in [9.17, 15) is 13.2 Å². The maximum absolute atomic E-state index is 13.3. The topological polar surface area (TPSA) is 60.4 Å². The Hall–Kier alpha value is -2.37. The van der Waals surface area contributed by atoms with Crippen molar-refractivity contribution in [3.63, 3.8) is 0 Å². The van der Waals surface area contributed by atoms with Gasteiger partial charge in [-0.25, -0.2) is 8.42 Å². The molecule has 0 heterocycles. The Morgan fingerprint density at radius 3 is 2.18 bits per heavy atom. The summed E-state index contributed by atoms with van der Waals surface area (Å²) in [5.41, 5.74) is 3.55. The molecule has 2 aromatic carbocycles. The number of aryl methyl sites for hydroxylation is 1. The first-order chi connectivity index (χ1) is 13.3. The Balaban J connectivity index is 2.54. The number of ether oxygens (including phenoxy) is 1. The first-order valence-corrected chi connectivity index (χ1v) is 10.7. The van der Waals surface area contributed by atoms with Gasteiger partial charge in [0, 0.05) is 12.5 Å². The van der Waals surface area contributed by atoms with Crippen LogP contribution in [-0.2, 0) is 19.4 Å². The fourth-order valence-corrected chi connectivity index (χ4v) is 4.77. The van der Waals surface area contributed by atoms with Crippen molar-refractivity contribution in [3.05, 3.63) is 82.9 Å². The van der Waals surface area contributed by atoms with E-state index in [4.69, 9.17) is 16.3 Å². The molecule has 0 N–H and O–H groups in total. The predicted octanol–water partition coefficient (Wildman–Crippen LogP) is 4.93. The van der Waals surface area contributed by atoms with E-state index in [1.54, 1.807) is 37.3 Å². The average molecular weight is 419 g/mol. The van der Waals surface area contributed by atoms with E-state index >= 15 is 0 Å². The van der Waals surface area contributed by atoms with Crippen LogP contribution in [0.2, 0.25) is 0 Å².